The van der Waals surface area contributed by atoms with Crippen LogP contribution in [0.15, 0.2) is 81.1 Å². The molecule has 122 valence electrons. The van der Waals surface area contributed by atoms with Gasteiger partial charge in [-0.3, -0.25) is 0 Å². The van der Waals surface area contributed by atoms with Crippen molar-refractivity contribution in [2.45, 2.75) is 12.8 Å². The first-order valence-corrected chi connectivity index (χ1v) is 7.54. The second kappa shape index (κ2) is 9.68. The molecule has 2 rings (SSSR count). The lowest BCUT2D eigenvalue weighted by Gasteiger charge is -1.95. The molecule has 4 N–H and O–H groups in total. The first-order valence-electron chi connectivity index (χ1n) is 7.54. The summed E-state index contributed by atoms with van der Waals surface area (Å²) in [4.78, 5) is 0. The summed E-state index contributed by atoms with van der Waals surface area (Å²) in [6.07, 6.45) is 4.66. The molecule has 0 aliphatic rings. The van der Waals surface area contributed by atoms with E-state index in [1.807, 2.05) is 60.7 Å². The van der Waals surface area contributed by atoms with E-state index in [1.54, 1.807) is 12.4 Å². The lowest BCUT2D eigenvalue weighted by atomic mass is 10.2. The molecule has 6 heteroatoms. The Kier molecular flexibility index (Phi) is 6.89. The summed E-state index contributed by atoms with van der Waals surface area (Å²) in [5.41, 5.74) is 13.7. The maximum absolute atomic E-state index is 5.70. The van der Waals surface area contributed by atoms with E-state index in [4.69, 9.17) is 11.5 Å². The monoisotopic (exact) mass is 320 g/mol. The predicted octanol–water partition coefficient (Wildman–Crippen LogP) is 2.16. The SMILES string of the molecule is NC(=N\N=CCc1ccccc1)/C(N)=N/N=CCc1ccccc1. The summed E-state index contributed by atoms with van der Waals surface area (Å²) in [6.45, 7) is 0. The fourth-order valence-electron chi connectivity index (χ4n) is 1.83. The molecule has 0 amide bonds. The van der Waals surface area contributed by atoms with Gasteiger partial charge < -0.3 is 11.5 Å². The smallest absolute Gasteiger partial charge is 0.190 e. The summed E-state index contributed by atoms with van der Waals surface area (Å²) < 4.78 is 0. The molecule has 2 aromatic carbocycles. The molecule has 0 bridgehead atoms. The van der Waals surface area contributed by atoms with Gasteiger partial charge in [0.1, 0.15) is 0 Å². The average molecular weight is 320 g/mol. The molecule has 0 saturated heterocycles. The van der Waals surface area contributed by atoms with Gasteiger partial charge in [0.25, 0.3) is 0 Å². The molecular weight excluding hydrogens is 300 g/mol. The normalized spacial score (nSPS) is 13.0. The Morgan fingerprint density at radius 1 is 0.667 bits per heavy atom. The molecule has 0 spiro atoms. The van der Waals surface area contributed by atoms with E-state index in [1.165, 1.54) is 0 Å². The number of rotatable bonds is 6. The third-order valence-corrected chi connectivity index (χ3v) is 3.10. The van der Waals surface area contributed by atoms with Crippen LogP contribution in [0.5, 0.6) is 0 Å². The van der Waals surface area contributed by atoms with Crippen molar-refractivity contribution in [2.24, 2.45) is 31.9 Å². The van der Waals surface area contributed by atoms with Crippen LogP contribution in [0.2, 0.25) is 0 Å². The van der Waals surface area contributed by atoms with Crippen LogP contribution in [0.4, 0.5) is 0 Å². The van der Waals surface area contributed by atoms with Gasteiger partial charge in [0.2, 0.25) is 0 Å². The van der Waals surface area contributed by atoms with Crippen LogP contribution in [0.25, 0.3) is 0 Å². The molecule has 2 aromatic rings. The Morgan fingerprint density at radius 3 is 1.42 bits per heavy atom. The lowest BCUT2D eigenvalue weighted by molar-refractivity contribution is 1.19. The van der Waals surface area contributed by atoms with E-state index < -0.39 is 0 Å². The summed E-state index contributed by atoms with van der Waals surface area (Å²) in [5.74, 6) is 0.0762. The molecule has 0 aliphatic heterocycles. The highest BCUT2D eigenvalue weighted by atomic mass is 15.3. The Labute approximate surface area is 141 Å². The Hall–Kier alpha value is -3.28. The van der Waals surface area contributed by atoms with E-state index >= 15 is 0 Å². The van der Waals surface area contributed by atoms with Gasteiger partial charge in [-0.2, -0.15) is 10.2 Å². The second-order valence-electron chi connectivity index (χ2n) is 4.95. The number of benzene rings is 2. The molecule has 0 unspecified atom stereocenters. The maximum atomic E-state index is 5.70. The van der Waals surface area contributed by atoms with E-state index in [0.29, 0.717) is 12.8 Å². The van der Waals surface area contributed by atoms with E-state index in [0.717, 1.165) is 11.1 Å². The van der Waals surface area contributed by atoms with Crippen LogP contribution < -0.4 is 11.5 Å². The molecular formula is C18H20N6. The van der Waals surface area contributed by atoms with Crippen LogP contribution in [-0.2, 0) is 12.8 Å². The summed E-state index contributed by atoms with van der Waals surface area (Å²) in [5, 5.41) is 15.4. The van der Waals surface area contributed by atoms with Crippen molar-refractivity contribution in [2.75, 3.05) is 0 Å². The van der Waals surface area contributed by atoms with Crippen LogP contribution in [0, 0.1) is 0 Å². The molecule has 0 heterocycles. The van der Waals surface area contributed by atoms with Gasteiger partial charge >= 0.3 is 0 Å². The van der Waals surface area contributed by atoms with Crippen molar-refractivity contribution >= 4 is 24.1 Å². The highest BCUT2D eigenvalue weighted by molar-refractivity contribution is 6.39. The third-order valence-electron chi connectivity index (χ3n) is 3.10. The van der Waals surface area contributed by atoms with E-state index in [-0.39, 0.29) is 11.7 Å². The maximum Gasteiger partial charge on any atom is 0.190 e. The van der Waals surface area contributed by atoms with Gasteiger partial charge in [0.15, 0.2) is 11.7 Å². The zero-order valence-corrected chi connectivity index (χ0v) is 13.3. The fourth-order valence-corrected chi connectivity index (χ4v) is 1.83. The van der Waals surface area contributed by atoms with Gasteiger partial charge in [0, 0.05) is 25.3 Å². The minimum absolute atomic E-state index is 0.0381. The largest absolute Gasteiger partial charge is 0.379 e. The number of hydrogen-bond donors (Lipinski definition) is 2. The summed E-state index contributed by atoms with van der Waals surface area (Å²) >= 11 is 0. The van der Waals surface area contributed by atoms with Crippen molar-refractivity contribution in [1.82, 2.24) is 0 Å². The van der Waals surface area contributed by atoms with Crippen LogP contribution in [0.1, 0.15) is 11.1 Å². The molecule has 0 aliphatic carbocycles. The van der Waals surface area contributed by atoms with Crippen molar-refractivity contribution in [3.63, 3.8) is 0 Å². The highest BCUT2D eigenvalue weighted by Gasteiger charge is 1.97. The number of nitrogens with two attached hydrogens (primary N) is 2. The van der Waals surface area contributed by atoms with Crippen LogP contribution >= 0.6 is 0 Å². The quantitative estimate of drug-likeness (QED) is 0.484. The van der Waals surface area contributed by atoms with Gasteiger partial charge in [-0.05, 0) is 11.1 Å². The summed E-state index contributed by atoms with van der Waals surface area (Å²) in [7, 11) is 0. The first kappa shape index (κ1) is 17.1. The summed E-state index contributed by atoms with van der Waals surface area (Å²) in [6, 6.07) is 19.9. The van der Waals surface area contributed by atoms with Crippen molar-refractivity contribution in [1.29, 1.82) is 0 Å². The van der Waals surface area contributed by atoms with Gasteiger partial charge in [0.05, 0.1) is 0 Å². The number of hydrogen-bond acceptors (Lipinski definition) is 4. The van der Waals surface area contributed by atoms with Crippen molar-refractivity contribution in [3.8, 4) is 0 Å². The average Bonchev–Trinajstić information content (AvgIpc) is 2.63. The number of amidine groups is 2. The molecule has 0 atom stereocenters. The lowest BCUT2D eigenvalue weighted by Crippen LogP contribution is -2.30. The topological polar surface area (TPSA) is 101 Å². The molecule has 0 aromatic heterocycles. The third kappa shape index (κ3) is 6.23. The highest BCUT2D eigenvalue weighted by Crippen LogP contribution is 1.98. The van der Waals surface area contributed by atoms with Crippen LogP contribution in [0.3, 0.4) is 0 Å². The zero-order chi connectivity index (χ0) is 17.0. The molecule has 0 fully saturated rings. The fraction of sp³-hybridized carbons (Fsp3) is 0.111. The number of nitrogens with zero attached hydrogens (tertiary/aromatic N) is 4. The van der Waals surface area contributed by atoms with Crippen molar-refractivity contribution < 1.29 is 0 Å². The van der Waals surface area contributed by atoms with Crippen LogP contribution in [-0.4, -0.2) is 24.1 Å². The Morgan fingerprint density at radius 2 is 1.04 bits per heavy atom. The second-order valence-corrected chi connectivity index (χ2v) is 4.95. The van der Waals surface area contributed by atoms with E-state index in [9.17, 15) is 0 Å². The van der Waals surface area contributed by atoms with E-state index in [2.05, 4.69) is 20.4 Å². The Bertz CT molecular complexity index is 667. The molecule has 0 saturated carbocycles. The minimum Gasteiger partial charge on any atom is -0.379 e. The first-order chi connectivity index (χ1) is 11.8. The standard InChI is InChI=1S/C18H20N6/c19-17(23-21-13-11-15-7-3-1-4-8-15)18(20)24-22-14-12-16-9-5-2-6-10-16/h1-10,13-14H,11-12H2,(H2,19,23)(H2,20,24). The molecule has 6 nitrogen and oxygen atoms in total. The van der Waals surface area contributed by atoms with Gasteiger partial charge in [-0.25, -0.2) is 0 Å². The minimum atomic E-state index is 0.0381. The van der Waals surface area contributed by atoms with Gasteiger partial charge in [-0.15, -0.1) is 10.2 Å². The zero-order valence-electron chi connectivity index (χ0n) is 13.3. The van der Waals surface area contributed by atoms with Gasteiger partial charge in [-0.1, -0.05) is 60.7 Å². The molecule has 0 radical (unpaired) electrons. The molecule has 24 heavy (non-hydrogen) atoms. The predicted molar refractivity (Wildman–Crippen MR) is 101 cm³/mol. The Balaban J connectivity index is 1.82. The van der Waals surface area contributed by atoms with Crippen molar-refractivity contribution in [3.05, 3.63) is 71.8 Å².